The van der Waals surface area contributed by atoms with Gasteiger partial charge in [0.25, 0.3) is 0 Å². The Labute approximate surface area is 114 Å². The second-order valence-corrected chi connectivity index (χ2v) is 5.83. The molecule has 0 radical (unpaired) electrons. The minimum atomic E-state index is -0.0893. The number of rotatable bonds is 2. The predicted octanol–water partition coefficient (Wildman–Crippen LogP) is 2.24. The van der Waals surface area contributed by atoms with Gasteiger partial charge in [0, 0.05) is 24.3 Å². The monoisotopic (exact) mass is 264 g/mol. The van der Waals surface area contributed by atoms with E-state index in [-0.39, 0.29) is 5.60 Å². The Balaban J connectivity index is 2.24. The molecule has 0 aromatic heterocycles. The zero-order chi connectivity index (χ0) is 13.3. The first-order valence-corrected chi connectivity index (χ1v) is 6.59. The number of benzene rings is 1. The molecule has 1 aliphatic heterocycles. The van der Waals surface area contributed by atoms with Gasteiger partial charge in [-0.15, -0.1) is 0 Å². The van der Waals surface area contributed by atoms with Gasteiger partial charge in [0.1, 0.15) is 4.99 Å². The van der Waals surface area contributed by atoms with Crippen molar-refractivity contribution < 1.29 is 4.74 Å². The lowest BCUT2D eigenvalue weighted by molar-refractivity contribution is -0.0276. The van der Waals surface area contributed by atoms with E-state index in [2.05, 4.69) is 30.9 Å². The number of ether oxygens (including phenoxy) is 1. The molecule has 0 saturated carbocycles. The summed E-state index contributed by atoms with van der Waals surface area (Å²) in [5, 5.41) is 0. The van der Waals surface area contributed by atoms with Gasteiger partial charge in [0.15, 0.2) is 0 Å². The van der Waals surface area contributed by atoms with Crippen LogP contribution in [0.5, 0.6) is 0 Å². The van der Waals surface area contributed by atoms with Crippen molar-refractivity contribution in [3.05, 3.63) is 29.3 Å². The summed E-state index contributed by atoms with van der Waals surface area (Å²) < 4.78 is 5.73. The van der Waals surface area contributed by atoms with E-state index >= 15 is 0 Å². The Morgan fingerprint density at radius 2 is 2.17 bits per heavy atom. The summed E-state index contributed by atoms with van der Waals surface area (Å²) >= 11 is 5.03. The smallest absolute Gasteiger partial charge is 0.104 e. The van der Waals surface area contributed by atoms with Crippen molar-refractivity contribution in [2.45, 2.75) is 26.4 Å². The summed E-state index contributed by atoms with van der Waals surface area (Å²) in [5.41, 5.74) is 8.90. The zero-order valence-corrected chi connectivity index (χ0v) is 12.0. The standard InChI is InChI=1S/C14H20N2OS/c1-10-8-11(4-5-12(10)13(15)18)16-6-7-17-14(2,3)9-16/h4-5,8H,6-7,9H2,1-3H3,(H2,15,18). The molecule has 0 spiro atoms. The second-order valence-electron chi connectivity index (χ2n) is 5.39. The fourth-order valence-corrected chi connectivity index (χ4v) is 2.59. The van der Waals surface area contributed by atoms with Gasteiger partial charge >= 0.3 is 0 Å². The van der Waals surface area contributed by atoms with Crippen LogP contribution in [0.1, 0.15) is 25.0 Å². The van der Waals surface area contributed by atoms with Crippen molar-refractivity contribution in [1.29, 1.82) is 0 Å². The van der Waals surface area contributed by atoms with Crippen LogP contribution >= 0.6 is 12.2 Å². The quantitative estimate of drug-likeness (QED) is 0.832. The molecule has 0 unspecified atom stereocenters. The van der Waals surface area contributed by atoms with E-state index in [0.29, 0.717) is 4.99 Å². The zero-order valence-electron chi connectivity index (χ0n) is 11.2. The SMILES string of the molecule is Cc1cc(N2CCOC(C)(C)C2)ccc1C(N)=S. The number of aryl methyl sites for hydroxylation is 1. The van der Waals surface area contributed by atoms with Crippen LogP contribution < -0.4 is 10.6 Å². The number of hydrogen-bond acceptors (Lipinski definition) is 3. The molecule has 1 aliphatic rings. The van der Waals surface area contributed by atoms with Crippen LogP contribution in [0.3, 0.4) is 0 Å². The molecule has 18 heavy (non-hydrogen) atoms. The minimum Gasteiger partial charge on any atom is -0.389 e. The van der Waals surface area contributed by atoms with E-state index in [9.17, 15) is 0 Å². The summed E-state index contributed by atoms with van der Waals surface area (Å²) in [4.78, 5) is 2.81. The van der Waals surface area contributed by atoms with Crippen LogP contribution in [0, 0.1) is 6.92 Å². The number of morpholine rings is 1. The Morgan fingerprint density at radius 1 is 1.44 bits per heavy atom. The lowest BCUT2D eigenvalue weighted by Gasteiger charge is -2.39. The van der Waals surface area contributed by atoms with E-state index in [4.69, 9.17) is 22.7 Å². The maximum Gasteiger partial charge on any atom is 0.104 e. The molecular formula is C14H20N2OS. The number of anilines is 1. The van der Waals surface area contributed by atoms with Crippen molar-refractivity contribution in [2.75, 3.05) is 24.6 Å². The maximum atomic E-state index is 5.73. The number of nitrogens with zero attached hydrogens (tertiary/aromatic N) is 1. The average Bonchev–Trinajstić information content (AvgIpc) is 2.27. The highest BCUT2D eigenvalue weighted by atomic mass is 32.1. The summed E-state index contributed by atoms with van der Waals surface area (Å²) in [6.45, 7) is 8.88. The fourth-order valence-electron chi connectivity index (χ4n) is 2.36. The van der Waals surface area contributed by atoms with Gasteiger partial charge < -0.3 is 15.4 Å². The Bertz CT molecular complexity index is 471. The first-order valence-electron chi connectivity index (χ1n) is 6.18. The molecule has 1 fully saturated rings. The molecule has 1 saturated heterocycles. The summed E-state index contributed by atoms with van der Waals surface area (Å²) in [7, 11) is 0. The summed E-state index contributed by atoms with van der Waals surface area (Å²) in [6, 6.07) is 6.24. The Morgan fingerprint density at radius 3 is 2.72 bits per heavy atom. The Kier molecular flexibility index (Phi) is 3.59. The van der Waals surface area contributed by atoms with Crippen molar-refractivity contribution in [3.8, 4) is 0 Å². The highest BCUT2D eigenvalue weighted by Gasteiger charge is 2.27. The molecule has 1 aromatic carbocycles. The summed E-state index contributed by atoms with van der Waals surface area (Å²) in [5.74, 6) is 0. The molecule has 0 atom stereocenters. The van der Waals surface area contributed by atoms with Gasteiger partial charge in [0.2, 0.25) is 0 Å². The number of nitrogens with two attached hydrogens (primary N) is 1. The first kappa shape index (κ1) is 13.3. The molecule has 98 valence electrons. The number of thiocarbonyl (C=S) groups is 1. The molecular weight excluding hydrogens is 244 g/mol. The van der Waals surface area contributed by atoms with E-state index in [1.165, 1.54) is 5.69 Å². The lowest BCUT2D eigenvalue weighted by Crippen LogP contribution is -2.48. The van der Waals surface area contributed by atoms with Crippen LogP contribution in [0.2, 0.25) is 0 Å². The van der Waals surface area contributed by atoms with Gasteiger partial charge in [-0.05, 0) is 44.5 Å². The molecule has 0 bridgehead atoms. The fraction of sp³-hybridized carbons (Fsp3) is 0.500. The van der Waals surface area contributed by atoms with Gasteiger partial charge in [-0.1, -0.05) is 12.2 Å². The van der Waals surface area contributed by atoms with Gasteiger partial charge in [-0.2, -0.15) is 0 Å². The third-order valence-electron chi connectivity index (χ3n) is 3.27. The van der Waals surface area contributed by atoms with Crippen LogP contribution in [0.4, 0.5) is 5.69 Å². The van der Waals surface area contributed by atoms with Crippen LogP contribution in [0.15, 0.2) is 18.2 Å². The molecule has 2 N–H and O–H groups in total. The van der Waals surface area contributed by atoms with Gasteiger partial charge in [-0.25, -0.2) is 0 Å². The molecule has 1 heterocycles. The normalized spacial score (nSPS) is 18.7. The molecule has 4 heteroatoms. The lowest BCUT2D eigenvalue weighted by atomic mass is 10.0. The van der Waals surface area contributed by atoms with E-state index in [0.717, 1.165) is 30.8 Å². The maximum absolute atomic E-state index is 5.73. The molecule has 0 amide bonds. The average molecular weight is 264 g/mol. The van der Waals surface area contributed by atoms with Crippen LogP contribution in [0.25, 0.3) is 0 Å². The van der Waals surface area contributed by atoms with Crippen molar-refractivity contribution in [1.82, 2.24) is 0 Å². The molecule has 1 aromatic rings. The van der Waals surface area contributed by atoms with Crippen molar-refractivity contribution in [2.24, 2.45) is 5.73 Å². The third kappa shape index (κ3) is 2.82. The van der Waals surface area contributed by atoms with Crippen LogP contribution in [-0.4, -0.2) is 30.3 Å². The van der Waals surface area contributed by atoms with Crippen LogP contribution in [-0.2, 0) is 4.74 Å². The van der Waals surface area contributed by atoms with Gasteiger partial charge in [-0.3, -0.25) is 0 Å². The van der Waals surface area contributed by atoms with Crippen molar-refractivity contribution in [3.63, 3.8) is 0 Å². The first-order chi connectivity index (χ1) is 8.39. The van der Waals surface area contributed by atoms with E-state index in [1.807, 2.05) is 13.0 Å². The molecule has 0 aliphatic carbocycles. The highest BCUT2D eigenvalue weighted by molar-refractivity contribution is 7.80. The predicted molar refractivity (Wildman–Crippen MR) is 79.3 cm³/mol. The number of hydrogen-bond donors (Lipinski definition) is 1. The minimum absolute atomic E-state index is 0.0893. The third-order valence-corrected chi connectivity index (χ3v) is 3.49. The molecule has 3 nitrogen and oxygen atoms in total. The van der Waals surface area contributed by atoms with Crippen molar-refractivity contribution >= 4 is 22.9 Å². The van der Waals surface area contributed by atoms with E-state index in [1.54, 1.807) is 0 Å². The molecule has 2 rings (SSSR count). The Hall–Kier alpha value is -1.13. The largest absolute Gasteiger partial charge is 0.389 e. The van der Waals surface area contributed by atoms with Gasteiger partial charge in [0.05, 0.1) is 12.2 Å². The highest BCUT2D eigenvalue weighted by Crippen LogP contribution is 2.25. The van der Waals surface area contributed by atoms with E-state index < -0.39 is 0 Å². The second kappa shape index (κ2) is 4.86. The topological polar surface area (TPSA) is 38.5 Å². The summed E-state index contributed by atoms with van der Waals surface area (Å²) in [6.07, 6.45) is 0.